The maximum absolute atomic E-state index is 11.9. The number of hydrogen-bond acceptors (Lipinski definition) is 3. The maximum Gasteiger partial charge on any atom is 0.407 e. The maximum atomic E-state index is 11.9. The van der Waals surface area contributed by atoms with Gasteiger partial charge in [0.25, 0.3) is 0 Å². The Morgan fingerprint density at radius 3 is 2.44 bits per heavy atom. The van der Waals surface area contributed by atoms with E-state index in [-0.39, 0.29) is 12.2 Å². The molecule has 2 unspecified atom stereocenters. The van der Waals surface area contributed by atoms with E-state index in [9.17, 15) is 4.79 Å². The van der Waals surface area contributed by atoms with Gasteiger partial charge in [-0.3, -0.25) is 0 Å². The highest BCUT2D eigenvalue weighted by Gasteiger charge is 2.28. The summed E-state index contributed by atoms with van der Waals surface area (Å²) < 4.78 is 5.57. The largest absolute Gasteiger partial charge is 0.446 e. The van der Waals surface area contributed by atoms with Gasteiger partial charge in [-0.2, -0.15) is 0 Å². The molecule has 18 heavy (non-hydrogen) atoms. The highest BCUT2D eigenvalue weighted by Crippen LogP contribution is 2.26. The summed E-state index contributed by atoms with van der Waals surface area (Å²) in [7, 11) is 0. The first-order chi connectivity index (χ1) is 8.79. The van der Waals surface area contributed by atoms with Crippen molar-refractivity contribution in [3.63, 3.8) is 0 Å². The molecule has 2 aliphatic carbocycles. The van der Waals surface area contributed by atoms with Gasteiger partial charge in [-0.05, 0) is 38.6 Å². The van der Waals surface area contributed by atoms with Crippen molar-refractivity contribution in [3.05, 3.63) is 0 Å². The second-order valence-corrected chi connectivity index (χ2v) is 5.70. The van der Waals surface area contributed by atoms with E-state index in [1.807, 2.05) is 0 Å². The second-order valence-electron chi connectivity index (χ2n) is 5.70. The van der Waals surface area contributed by atoms with Crippen molar-refractivity contribution in [2.45, 2.75) is 69.9 Å². The molecular formula is C14H26N2O2. The topological polar surface area (TPSA) is 64.3 Å². The number of alkyl carbamates (subject to hydrolysis) is 1. The van der Waals surface area contributed by atoms with Gasteiger partial charge in [-0.1, -0.05) is 25.7 Å². The molecule has 4 nitrogen and oxygen atoms in total. The summed E-state index contributed by atoms with van der Waals surface area (Å²) >= 11 is 0. The van der Waals surface area contributed by atoms with Gasteiger partial charge < -0.3 is 15.8 Å². The van der Waals surface area contributed by atoms with Crippen LogP contribution in [-0.4, -0.2) is 24.8 Å². The van der Waals surface area contributed by atoms with Crippen LogP contribution in [0.2, 0.25) is 0 Å². The Bertz CT molecular complexity index is 265. The molecule has 2 aliphatic rings. The number of nitrogens with one attached hydrogen (secondary N) is 1. The second kappa shape index (κ2) is 6.98. The summed E-state index contributed by atoms with van der Waals surface area (Å²) in [5.41, 5.74) is 5.74. The van der Waals surface area contributed by atoms with E-state index in [0.29, 0.717) is 18.5 Å². The Kier molecular flexibility index (Phi) is 5.29. The average Bonchev–Trinajstić information content (AvgIpc) is 2.40. The Labute approximate surface area is 110 Å². The molecule has 4 heteroatoms. The molecule has 2 saturated carbocycles. The molecule has 1 amide bonds. The minimum Gasteiger partial charge on any atom is -0.446 e. The van der Waals surface area contributed by atoms with E-state index in [2.05, 4.69) is 5.32 Å². The van der Waals surface area contributed by atoms with Crippen molar-refractivity contribution < 1.29 is 9.53 Å². The van der Waals surface area contributed by atoms with Crippen LogP contribution < -0.4 is 11.1 Å². The van der Waals surface area contributed by atoms with E-state index in [1.54, 1.807) is 0 Å². The van der Waals surface area contributed by atoms with Crippen LogP contribution in [0.15, 0.2) is 0 Å². The normalized spacial score (nSPS) is 29.8. The molecule has 2 atom stereocenters. The summed E-state index contributed by atoms with van der Waals surface area (Å²) in [6.45, 7) is 0.626. The van der Waals surface area contributed by atoms with Gasteiger partial charge in [-0.25, -0.2) is 4.79 Å². The Hall–Kier alpha value is -0.770. The Balaban J connectivity index is 1.75. The molecule has 0 aliphatic heterocycles. The van der Waals surface area contributed by atoms with Gasteiger partial charge in [0.15, 0.2) is 0 Å². The third-order valence-corrected chi connectivity index (χ3v) is 4.33. The number of amides is 1. The van der Waals surface area contributed by atoms with Gasteiger partial charge >= 0.3 is 6.09 Å². The molecule has 0 spiro atoms. The van der Waals surface area contributed by atoms with Gasteiger partial charge in [0, 0.05) is 12.0 Å². The fourth-order valence-electron chi connectivity index (χ4n) is 3.18. The Morgan fingerprint density at radius 1 is 1.06 bits per heavy atom. The van der Waals surface area contributed by atoms with Crippen molar-refractivity contribution >= 4 is 6.09 Å². The summed E-state index contributed by atoms with van der Waals surface area (Å²) in [5.74, 6) is 0.357. The first-order valence-corrected chi connectivity index (χ1v) is 7.47. The first-order valence-electron chi connectivity index (χ1n) is 7.47. The summed E-state index contributed by atoms with van der Waals surface area (Å²) in [6, 6.07) is 0.325. The smallest absolute Gasteiger partial charge is 0.407 e. The predicted octanol–water partition coefficient (Wildman–Crippen LogP) is 2.56. The zero-order valence-corrected chi connectivity index (χ0v) is 11.2. The van der Waals surface area contributed by atoms with Crippen LogP contribution in [0.4, 0.5) is 4.79 Å². The molecule has 0 aromatic carbocycles. The summed E-state index contributed by atoms with van der Waals surface area (Å²) in [5, 5.41) is 3.01. The van der Waals surface area contributed by atoms with Gasteiger partial charge in [0.1, 0.15) is 6.10 Å². The van der Waals surface area contributed by atoms with Gasteiger partial charge in [0.2, 0.25) is 0 Å². The monoisotopic (exact) mass is 254 g/mol. The fraction of sp³-hybridized carbons (Fsp3) is 0.929. The number of nitrogens with two attached hydrogens (primary N) is 1. The molecular weight excluding hydrogens is 228 g/mol. The lowest BCUT2D eigenvalue weighted by molar-refractivity contribution is 0.0376. The summed E-state index contributed by atoms with van der Waals surface area (Å²) in [6.07, 6.45) is 10.2. The van der Waals surface area contributed by atoms with Crippen LogP contribution in [-0.2, 0) is 4.74 Å². The minimum atomic E-state index is -0.229. The quantitative estimate of drug-likeness (QED) is 0.813. The van der Waals surface area contributed by atoms with Crippen LogP contribution in [0.3, 0.4) is 0 Å². The van der Waals surface area contributed by atoms with Crippen molar-refractivity contribution in [2.75, 3.05) is 6.54 Å². The van der Waals surface area contributed by atoms with Crippen molar-refractivity contribution in [2.24, 2.45) is 11.7 Å². The van der Waals surface area contributed by atoms with E-state index in [1.165, 1.54) is 25.7 Å². The fourth-order valence-corrected chi connectivity index (χ4v) is 3.18. The van der Waals surface area contributed by atoms with Gasteiger partial charge in [0.05, 0.1) is 0 Å². The lowest BCUT2D eigenvalue weighted by atomic mass is 9.86. The van der Waals surface area contributed by atoms with Crippen LogP contribution in [0.5, 0.6) is 0 Å². The van der Waals surface area contributed by atoms with Crippen LogP contribution in [0.1, 0.15) is 57.8 Å². The molecule has 0 saturated heterocycles. The lowest BCUT2D eigenvalue weighted by Gasteiger charge is -2.31. The minimum absolute atomic E-state index is 0.0346. The molecule has 0 aromatic rings. The molecule has 3 N–H and O–H groups in total. The van der Waals surface area contributed by atoms with E-state index >= 15 is 0 Å². The third kappa shape index (κ3) is 3.87. The van der Waals surface area contributed by atoms with E-state index in [4.69, 9.17) is 10.5 Å². The van der Waals surface area contributed by atoms with E-state index < -0.39 is 0 Å². The molecule has 2 fully saturated rings. The zero-order chi connectivity index (χ0) is 12.8. The van der Waals surface area contributed by atoms with Crippen molar-refractivity contribution in [3.8, 4) is 0 Å². The Morgan fingerprint density at radius 2 is 1.72 bits per heavy atom. The SMILES string of the molecule is NCC1CCCCC1OC(=O)NC1CCCCC1. The molecule has 0 heterocycles. The lowest BCUT2D eigenvalue weighted by Crippen LogP contribution is -2.41. The van der Waals surface area contributed by atoms with Gasteiger partial charge in [-0.15, -0.1) is 0 Å². The van der Waals surface area contributed by atoms with Crippen LogP contribution in [0.25, 0.3) is 0 Å². The standard InChI is InChI=1S/C14H26N2O2/c15-10-11-6-4-5-9-13(11)18-14(17)16-12-7-2-1-3-8-12/h11-13H,1-10,15H2,(H,16,17). The number of ether oxygens (including phenoxy) is 1. The molecule has 0 radical (unpaired) electrons. The summed E-state index contributed by atoms with van der Waals surface area (Å²) in [4.78, 5) is 11.9. The molecule has 104 valence electrons. The van der Waals surface area contributed by atoms with Crippen LogP contribution in [0, 0.1) is 5.92 Å². The predicted molar refractivity (Wildman–Crippen MR) is 71.3 cm³/mol. The average molecular weight is 254 g/mol. The molecule has 0 bridgehead atoms. The highest BCUT2D eigenvalue weighted by atomic mass is 16.6. The number of carbonyl (C=O) groups is 1. The molecule has 2 rings (SSSR count). The first kappa shape index (κ1) is 13.7. The third-order valence-electron chi connectivity index (χ3n) is 4.33. The zero-order valence-electron chi connectivity index (χ0n) is 11.2. The number of carbonyl (C=O) groups excluding carboxylic acids is 1. The number of hydrogen-bond donors (Lipinski definition) is 2. The number of rotatable bonds is 3. The van der Waals surface area contributed by atoms with Crippen molar-refractivity contribution in [1.29, 1.82) is 0 Å². The van der Waals surface area contributed by atoms with E-state index in [0.717, 1.165) is 32.1 Å². The van der Waals surface area contributed by atoms with Crippen molar-refractivity contribution in [1.82, 2.24) is 5.32 Å². The van der Waals surface area contributed by atoms with Crippen LogP contribution >= 0.6 is 0 Å². The highest BCUT2D eigenvalue weighted by molar-refractivity contribution is 5.67. The molecule has 0 aromatic heterocycles.